The van der Waals surface area contributed by atoms with Crippen molar-refractivity contribution in [2.24, 2.45) is 0 Å². The molecule has 0 aliphatic carbocycles. The van der Waals surface area contributed by atoms with E-state index >= 15 is 0 Å². The lowest BCUT2D eigenvalue weighted by Crippen LogP contribution is -2.25. The van der Waals surface area contributed by atoms with Crippen LogP contribution >= 0.6 is 0 Å². The molecule has 0 aliphatic heterocycles. The Morgan fingerprint density at radius 2 is 1.89 bits per heavy atom. The minimum atomic E-state index is -4.13. The number of aryl methyl sites for hydroxylation is 1. The van der Waals surface area contributed by atoms with Gasteiger partial charge in [-0.05, 0) is 26.0 Å². The molecule has 6 heteroatoms. The van der Waals surface area contributed by atoms with Gasteiger partial charge in [0.2, 0.25) is 6.10 Å². The van der Waals surface area contributed by atoms with Gasteiger partial charge in [-0.15, -0.1) is 5.92 Å². The highest BCUT2D eigenvalue weighted by molar-refractivity contribution is 7.86. The fourth-order valence-electron chi connectivity index (χ4n) is 1.15. The summed E-state index contributed by atoms with van der Waals surface area (Å²) in [6.07, 6.45) is -1.69. The predicted molar refractivity (Wildman–Crippen MR) is 64.3 cm³/mol. The van der Waals surface area contributed by atoms with E-state index < -0.39 is 22.2 Å². The third-order valence-electron chi connectivity index (χ3n) is 2.03. The average Bonchev–Trinajstić information content (AvgIpc) is 2.28. The molecule has 0 aliphatic rings. The molecule has 0 aromatic heterocycles. The van der Waals surface area contributed by atoms with Crippen molar-refractivity contribution in [2.75, 3.05) is 0 Å². The Kier molecular flexibility index (Phi) is 4.48. The number of aliphatic carboxylic acids is 1. The topological polar surface area (TPSA) is 80.7 Å². The van der Waals surface area contributed by atoms with Crippen LogP contribution in [0.25, 0.3) is 0 Å². The van der Waals surface area contributed by atoms with Crippen LogP contribution in [-0.4, -0.2) is 25.6 Å². The Labute approximate surface area is 106 Å². The molecule has 1 aromatic rings. The fraction of sp³-hybridized carbons (Fsp3) is 0.250. The van der Waals surface area contributed by atoms with E-state index in [0.717, 1.165) is 5.56 Å². The highest BCUT2D eigenvalue weighted by Crippen LogP contribution is 2.15. The monoisotopic (exact) mass is 268 g/mol. The number of hydrogen-bond acceptors (Lipinski definition) is 4. The molecule has 0 fully saturated rings. The molecular weight excluding hydrogens is 256 g/mol. The first-order valence-corrected chi connectivity index (χ1v) is 6.42. The number of benzene rings is 1. The van der Waals surface area contributed by atoms with E-state index in [2.05, 4.69) is 16.0 Å². The Balaban J connectivity index is 3.03. The normalized spacial score (nSPS) is 12.3. The molecule has 0 radical (unpaired) electrons. The van der Waals surface area contributed by atoms with E-state index in [0.29, 0.717) is 0 Å². The smallest absolute Gasteiger partial charge is 0.347 e. The summed E-state index contributed by atoms with van der Waals surface area (Å²) in [5.74, 6) is 3.04. The van der Waals surface area contributed by atoms with Crippen molar-refractivity contribution >= 4 is 16.1 Å². The zero-order valence-corrected chi connectivity index (χ0v) is 10.7. The van der Waals surface area contributed by atoms with E-state index in [-0.39, 0.29) is 4.90 Å². The van der Waals surface area contributed by atoms with E-state index in [9.17, 15) is 13.2 Å². The maximum Gasteiger partial charge on any atom is 0.347 e. The molecule has 1 N–H and O–H groups in total. The van der Waals surface area contributed by atoms with Crippen molar-refractivity contribution in [3.8, 4) is 11.8 Å². The lowest BCUT2D eigenvalue weighted by Gasteiger charge is -2.08. The summed E-state index contributed by atoms with van der Waals surface area (Å²) in [5.41, 5.74) is 0.886. The molecule has 1 aromatic carbocycles. The first-order chi connectivity index (χ1) is 8.36. The van der Waals surface area contributed by atoms with Gasteiger partial charge in [0.05, 0.1) is 4.90 Å². The molecule has 18 heavy (non-hydrogen) atoms. The third-order valence-corrected chi connectivity index (χ3v) is 3.33. The van der Waals surface area contributed by atoms with E-state index in [1.807, 2.05) is 0 Å². The van der Waals surface area contributed by atoms with Gasteiger partial charge in [0.25, 0.3) is 10.1 Å². The van der Waals surface area contributed by atoms with Crippen LogP contribution in [0, 0.1) is 18.8 Å². The molecule has 5 nitrogen and oxygen atoms in total. The predicted octanol–water partition coefficient (Wildman–Crippen LogP) is 1.18. The van der Waals surface area contributed by atoms with Gasteiger partial charge < -0.3 is 5.11 Å². The van der Waals surface area contributed by atoms with Crippen molar-refractivity contribution in [3.05, 3.63) is 29.8 Å². The zero-order valence-electron chi connectivity index (χ0n) is 9.88. The second kappa shape index (κ2) is 5.67. The first-order valence-electron chi connectivity index (χ1n) is 5.02. The third kappa shape index (κ3) is 3.58. The summed E-state index contributed by atoms with van der Waals surface area (Å²) in [7, 11) is -4.13. The molecule has 0 amide bonds. The van der Waals surface area contributed by atoms with Crippen molar-refractivity contribution in [1.29, 1.82) is 0 Å². The highest BCUT2D eigenvalue weighted by Gasteiger charge is 2.25. The first kappa shape index (κ1) is 14.2. The molecule has 0 spiro atoms. The maximum atomic E-state index is 11.8. The summed E-state index contributed by atoms with van der Waals surface area (Å²) >= 11 is 0. The number of rotatable bonds is 4. The molecule has 0 saturated heterocycles. The highest BCUT2D eigenvalue weighted by atomic mass is 32.2. The second-order valence-corrected chi connectivity index (χ2v) is 5.05. The van der Waals surface area contributed by atoms with Gasteiger partial charge in [0, 0.05) is 0 Å². The standard InChI is InChI=1S/C12H12O5S/c1-3-4-11(12(13)14)17-18(15,16)10-7-5-9(2)6-8-10/h5-8,11H,1-2H3,(H,13,14). The quantitative estimate of drug-likeness (QED) is 0.655. The number of carboxylic acid groups (broad SMARTS) is 1. The lowest BCUT2D eigenvalue weighted by atomic mass is 10.2. The summed E-state index contributed by atoms with van der Waals surface area (Å²) < 4.78 is 28.1. The molecule has 0 bridgehead atoms. The zero-order chi connectivity index (χ0) is 13.8. The molecule has 1 rings (SSSR count). The second-order valence-electron chi connectivity index (χ2n) is 3.48. The van der Waals surface area contributed by atoms with Crippen LogP contribution in [0.5, 0.6) is 0 Å². The molecule has 0 heterocycles. The summed E-state index contributed by atoms with van der Waals surface area (Å²) in [6, 6.07) is 5.89. The Bertz CT molecular complexity index is 590. The summed E-state index contributed by atoms with van der Waals surface area (Å²) in [5, 5.41) is 8.77. The molecule has 0 saturated carbocycles. The van der Waals surface area contributed by atoms with Gasteiger partial charge in [0.1, 0.15) is 0 Å². The molecular formula is C12H12O5S. The van der Waals surface area contributed by atoms with Gasteiger partial charge >= 0.3 is 5.97 Å². The van der Waals surface area contributed by atoms with Gasteiger partial charge in [-0.25, -0.2) is 8.98 Å². The molecule has 1 atom stereocenters. The van der Waals surface area contributed by atoms with E-state index in [4.69, 9.17) is 5.11 Å². The van der Waals surface area contributed by atoms with Crippen LogP contribution in [-0.2, 0) is 19.1 Å². The maximum absolute atomic E-state index is 11.8. The van der Waals surface area contributed by atoms with Gasteiger partial charge in [-0.3, -0.25) is 0 Å². The Morgan fingerprint density at radius 3 is 2.33 bits per heavy atom. The van der Waals surface area contributed by atoms with Crippen LogP contribution in [0.4, 0.5) is 0 Å². The minimum absolute atomic E-state index is 0.0998. The van der Waals surface area contributed by atoms with Crippen LogP contribution in [0.15, 0.2) is 29.2 Å². The molecule has 96 valence electrons. The van der Waals surface area contributed by atoms with Gasteiger partial charge in [0.15, 0.2) is 0 Å². The number of carbonyl (C=O) groups is 1. The minimum Gasteiger partial charge on any atom is -0.479 e. The van der Waals surface area contributed by atoms with Crippen molar-refractivity contribution in [3.63, 3.8) is 0 Å². The Morgan fingerprint density at radius 1 is 1.33 bits per heavy atom. The van der Waals surface area contributed by atoms with Crippen LogP contribution in [0.1, 0.15) is 12.5 Å². The molecule has 1 unspecified atom stereocenters. The number of hydrogen-bond donors (Lipinski definition) is 1. The van der Waals surface area contributed by atoms with Crippen molar-refractivity contribution < 1.29 is 22.5 Å². The Hall–Kier alpha value is -1.84. The van der Waals surface area contributed by atoms with Crippen LogP contribution < -0.4 is 0 Å². The largest absolute Gasteiger partial charge is 0.479 e. The fourth-order valence-corrected chi connectivity index (χ4v) is 2.11. The van der Waals surface area contributed by atoms with Gasteiger partial charge in [-0.2, -0.15) is 8.42 Å². The lowest BCUT2D eigenvalue weighted by molar-refractivity contribution is -0.142. The summed E-state index contributed by atoms with van der Waals surface area (Å²) in [6.45, 7) is 3.21. The average molecular weight is 268 g/mol. The summed E-state index contributed by atoms with van der Waals surface area (Å²) in [4.78, 5) is 10.7. The van der Waals surface area contributed by atoms with Crippen molar-refractivity contribution in [1.82, 2.24) is 0 Å². The van der Waals surface area contributed by atoms with Crippen LogP contribution in [0.3, 0.4) is 0 Å². The van der Waals surface area contributed by atoms with Crippen LogP contribution in [0.2, 0.25) is 0 Å². The van der Waals surface area contributed by atoms with E-state index in [1.54, 1.807) is 19.1 Å². The van der Waals surface area contributed by atoms with Gasteiger partial charge in [-0.1, -0.05) is 23.6 Å². The number of carboxylic acids is 1. The van der Waals surface area contributed by atoms with Crippen molar-refractivity contribution in [2.45, 2.75) is 24.8 Å². The van der Waals surface area contributed by atoms with E-state index in [1.165, 1.54) is 19.1 Å². The SMILES string of the molecule is CC#CC(OS(=O)(=O)c1ccc(C)cc1)C(=O)O.